The molecule has 0 aliphatic carbocycles. The molecule has 1 heterocycles. The number of aromatic amines is 1. The highest BCUT2D eigenvalue weighted by Crippen LogP contribution is 2.15. The van der Waals surface area contributed by atoms with Gasteiger partial charge < -0.3 is 0 Å². The highest BCUT2D eigenvalue weighted by atomic mass is 15.1. The van der Waals surface area contributed by atoms with Gasteiger partial charge in [0.05, 0.1) is 6.20 Å². The molecular weight excluding hydrogens is 244 g/mol. The molecule has 1 aromatic heterocycles. The van der Waals surface area contributed by atoms with Crippen molar-refractivity contribution in [2.24, 2.45) is 0 Å². The lowest BCUT2D eigenvalue weighted by Crippen LogP contribution is -1.93. The average molecular weight is 278 g/mol. The molecule has 20 heavy (non-hydrogen) atoms. The van der Waals surface area contributed by atoms with Crippen LogP contribution in [0.1, 0.15) is 95.7 Å². The predicted octanol–water partition coefficient (Wildman–Crippen LogP) is 5.83. The molecule has 0 aromatic carbocycles. The lowest BCUT2D eigenvalue weighted by atomic mass is 10.0. The molecule has 2 heteroatoms. The summed E-state index contributed by atoms with van der Waals surface area (Å²) in [4.78, 5) is 0. The monoisotopic (exact) mass is 278 g/mol. The first-order chi connectivity index (χ1) is 9.88. The summed E-state index contributed by atoms with van der Waals surface area (Å²) in [5, 5.41) is 7.44. The summed E-state index contributed by atoms with van der Waals surface area (Å²) < 4.78 is 0. The van der Waals surface area contributed by atoms with Gasteiger partial charge in [-0.25, -0.2) is 0 Å². The summed E-state index contributed by atoms with van der Waals surface area (Å²) in [5.41, 5.74) is 2.86. The minimum Gasteiger partial charge on any atom is -0.282 e. The number of nitrogens with zero attached hydrogens (tertiary/aromatic N) is 1. The lowest BCUT2D eigenvalue weighted by molar-refractivity contribution is 0.588. The van der Waals surface area contributed by atoms with E-state index in [1.54, 1.807) is 0 Å². The van der Waals surface area contributed by atoms with Gasteiger partial charge in [0.2, 0.25) is 0 Å². The molecule has 1 aromatic rings. The highest BCUT2D eigenvalue weighted by molar-refractivity contribution is 5.16. The highest BCUT2D eigenvalue weighted by Gasteiger charge is 2.04. The number of hydrogen-bond acceptors (Lipinski definition) is 1. The van der Waals surface area contributed by atoms with Crippen molar-refractivity contribution in [1.82, 2.24) is 10.2 Å². The number of aryl methyl sites for hydroxylation is 2. The standard InChI is InChI=1S/C18H34N2/c1-3-5-7-9-10-11-12-14-17-16-19-20-18(17)15-13-8-6-4-2/h16H,3-15H2,1-2H3,(H,19,20). The maximum Gasteiger partial charge on any atom is 0.0522 e. The second kappa shape index (κ2) is 12.0. The predicted molar refractivity (Wildman–Crippen MR) is 88.1 cm³/mol. The van der Waals surface area contributed by atoms with Crippen LogP contribution in [0.25, 0.3) is 0 Å². The Bertz CT molecular complexity index is 317. The van der Waals surface area contributed by atoms with Crippen LogP contribution in [0.4, 0.5) is 0 Å². The van der Waals surface area contributed by atoms with Crippen LogP contribution in [0.5, 0.6) is 0 Å². The molecule has 0 aliphatic rings. The summed E-state index contributed by atoms with van der Waals surface area (Å²) in [6.07, 6.45) is 19.5. The van der Waals surface area contributed by atoms with Gasteiger partial charge in [-0.1, -0.05) is 71.6 Å². The Morgan fingerprint density at radius 3 is 2.00 bits per heavy atom. The zero-order valence-corrected chi connectivity index (χ0v) is 13.7. The Morgan fingerprint density at radius 2 is 1.30 bits per heavy atom. The van der Waals surface area contributed by atoms with Crippen LogP contribution < -0.4 is 0 Å². The smallest absolute Gasteiger partial charge is 0.0522 e. The topological polar surface area (TPSA) is 28.7 Å². The summed E-state index contributed by atoms with van der Waals surface area (Å²) >= 11 is 0. The Balaban J connectivity index is 2.09. The number of H-pyrrole nitrogens is 1. The number of hydrogen-bond donors (Lipinski definition) is 1. The molecule has 0 unspecified atom stereocenters. The molecule has 0 aliphatic heterocycles. The maximum atomic E-state index is 4.24. The molecule has 1 N–H and O–H groups in total. The molecule has 2 nitrogen and oxygen atoms in total. The summed E-state index contributed by atoms with van der Waals surface area (Å²) in [5.74, 6) is 0. The quantitative estimate of drug-likeness (QED) is 0.452. The number of aromatic nitrogens is 2. The SMILES string of the molecule is CCCCCCCCCc1cn[nH]c1CCCCCC. The zero-order chi connectivity index (χ0) is 14.5. The Kier molecular flexibility index (Phi) is 10.3. The first-order valence-electron chi connectivity index (χ1n) is 8.89. The Hall–Kier alpha value is -0.790. The molecule has 0 saturated carbocycles. The van der Waals surface area contributed by atoms with Gasteiger partial charge in [-0.05, 0) is 31.2 Å². The third-order valence-electron chi connectivity index (χ3n) is 4.14. The fourth-order valence-electron chi connectivity index (χ4n) is 2.77. The van der Waals surface area contributed by atoms with Crippen molar-refractivity contribution in [3.05, 3.63) is 17.5 Å². The number of unbranched alkanes of at least 4 members (excludes halogenated alkanes) is 9. The molecule has 0 spiro atoms. The Labute approximate surface area is 125 Å². The molecule has 0 atom stereocenters. The average Bonchev–Trinajstić information content (AvgIpc) is 2.90. The van der Waals surface area contributed by atoms with E-state index in [-0.39, 0.29) is 0 Å². The van der Waals surface area contributed by atoms with Gasteiger partial charge in [0.15, 0.2) is 0 Å². The Morgan fingerprint density at radius 1 is 0.750 bits per heavy atom. The van der Waals surface area contributed by atoms with Gasteiger partial charge >= 0.3 is 0 Å². The third-order valence-corrected chi connectivity index (χ3v) is 4.14. The molecule has 0 amide bonds. The third kappa shape index (κ3) is 7.72. The van der Waals surface area contributed by atoms with E-state index in [0.717, 1.165) is 0 Å². The van der Waals surface area contributed by atoms with Crippen molar-refractivity contribution in [2.45, 2.75) is 97.3 Å². The van der Waals surface area contributed by atoms with Gasteiger partial charge in [-0.15, -0.1) is 0 Å². The van der Waals surface area contributed by atoms with Crippen molar-refractivity contribution in [3.63, 3.8) is 0 Å². The van der Waals surface area contributed by atoms with Crippen LogP contribution >= 0.6 is 0 Å². The minimum atomic E-state index is 1.19. The van der Waals surface area contributed by atoms with E-state index in [1.165, 1.54) is 94.7 Å². The van der Waals surface area contributed by atoms with Crippen LogP contribution in [0.15, 0.2) is 6.20 Å². The van der Waals surface area contributed by atoms with Crippen molar-refractivity contribution in [1.29, 1.82) is 0 Å². The molecule has 0 bridgehead atoms. The second-order valence-corrected chi connectivity index (χ2v) is 6.06. The van der Waals surface area contributed by atoms with Gasteiger partial charge in [-0.3, -0.25) is 5.10 Å². The molecule has 1 rings (SSSR count). The van der Waals surface area contributed by atoms with Crippen molar-refractivity contribution in [2.75, 3.05) is 0 Å². The molecule has 116 valence electrons. The minimum absolute atomic E-state index is 1.19. The number of nitrogens with one attached hydrogen (secondary N) is 1. The molecular formula is C18H34N2. The van der Waals surface area contributed by atoms with Crippen molar-refractivity contribution >= 4 is 0 Å². The van der Waals surface area contributed by atoms with Crippen LogP contribution in [0.2, 0.25) is 0 Å². The van der Waals surface area contributed by atoms with Gasteiger partial charge in [0.25, 0.3) is 0 Å². The fourth-order valence-corrected chi connectivity index (χ4v) is 2.77. The van der Waals surface area contributed by atoms with Crippen molar-refractivity contribution < 1.29 is 0 Å². The summed E-state index contributed by atoms with van der Waals surface area (Å²) in [7, 11) is 0. The van der Waals surface area contributed by atoms with Gasteiger partial charge in [-0.2, -0.15) is 5.10 Å². The fraction of sp³-hybridized carbons (Fsp3) is 0.833. The van der Waals surface area contributed by atoms with E-state index in [1.807, 2.05) is 6.20 Å². The van der Waals surface area contributed by atoms with Crippen LogP contribution in [-0.4, -0.2) is 10.2 Å². The van der Waals surface area contributed by atoms with E-state index in [0.29, 0.717) is 0 Å². The van der Waals surface area contributed by atoms with Crippen LogP contribution in [-0.2, 0) is 12.8 Å². The first-order valence-corrected chi connectivity index (χ1v) is 8.89. The summed E-state index contributed by atoms with van der Waals surface area (Å²) in [6, 6.07) is 0. The largest absolute Gasteiger partial charge is 0.282 e. The van der Waals surface area contributed by atoms with E-state index < -0.39 is 0 Å². The van der Waals surface area contributed by atoms with E-state index in [4.69, 9.17) is 0 Å². The molecule has 0 saturated heterocycles. The maximum absolute atomic E-state index is 4.24. The van der Waals surface area contributed by atoms with E-state index >= 15 is 0 Å². The van der Waals surface area contributed by atoms with Gasteiger partial charge in [0.1, 0.15) is 0 Å². The number of rotatable bonds is 13. The van der Waals surface area contributed by atoms with Crippen molar-refractivity contribution in [3.8, 4) is 0 Å². The van der Waals surface area contributed by atoms with E-state index in [2.05, 4.69) is 24.0 Å². The first kappa shape index (κ1) is 17.3. The molecule has 0 fully saturated rings. The van der Waals surface area contributed by atoms with Crippen LogP contribution in [0.3, 0.4) is 0 Å². The summed E-state index contributed by atoms with van der Waals surface area (Å²) in [6.45, 7) is 4.54. The molecule has 0 radical (unpaired) electrons. The lowest BCUT2D eigenvalue weighted by Gasteiger charge is -2.04. The van der Waals surface area contributed by atoms with Gasteiger partial charge in [0, 0.05) is 5.69 Å². The second-order valence-electron chi connectivity index (χ2n) is 6.06. The van der Waals surface area contributed by atoms with Crippen LogP contribution in [0, 0.1) is 0 Å². The zero-order valence-electron chi connectivity index (χ0n) is 13.7. The normalized spacial score (nSPS) is 11.1. The van der Waals surface area contributed by atoms with E-state index in [9.17, 15) is 0 Å².